The molecule has 0 unspecified atom stereocenters. The molecule has 0 saturated carbocycles. The number of hydrogen-bond acceptors (Lipinski definition) is 2. The fourth-order valence-electron chi connectivity index (χ4n) is 1.91. The minimum Gasteiger partial charge on any atom is -1.00 e. The summed E-state index contributed by atoms with van der Waals surface area (Å²) < 4.78 is 6.51. The monoisotopic (exact) mass is 411 g/mol. The van der Waals surface area contributed by atoms with Crippen LogP contribution in [0.25, 0.3) is 0 Å². The molecule has 0 aliphatic rings. The van der Waals surface area contributed by atoms with Gasteiger partial charge in [0.25, 0.3) is 0 Å². The van der Waals surface area contributed by atoms with Gasteiger partial charge in [-0.25, -0.2) is 0 Å². The predicted octanol–water partition coefficient (Wildman–Crippen LogP) is 0.762. The van der Waals surface area contributed by atoms with E-state index < -0.39 is 0 Å². The van der Waals surface area contributed by atoms with Gasteiger partial charge in [-0.05, 0) is 36.4 Å². The molecule has 0 aliphatic carbocycles. The van der Waals surface area contributed by atoms with Crippen molar-refractivity contribution in [3.63, 3.8) is 0 Å². The second-order valence-corrected chi connectivity index (χ2v) is 6.13. The second kappa shape index (κ2) is 8.29. The van der Waals surface area contributed by atoms with Crippen LogP contribution in [-0.4, -0.2) is 38.0 Å². The van der Waals surface area contributed by atoms with E-state index in [1.54, 1.807) is 0 Å². The number of nitrogens with zero attached hydrogens (tertiary/aromatic N) is 1. The van der Waals surface area contributed by atoms with Crippen LogP contribution in [-0.2, 0) is 0 Å². The highest BCUT2D eigenvalue weighted by molar-refractivity contribution is 5.96. The van der Waals surface area contributed by atoms with Crippen LogP contribution in [0.3, 0.4) is 0 Å². The fraction of sp³-hybridized carbons (Fsp3) is 0.278. The van der Waals surface area contributed by atoms with Crippen molar-refractivity contribution < 1.29 is 38.0 Å². The van der Waals surface area contributed by atoms with Gasteiger partial charge in [0.2, 0.25) is 0 Å². The number of Topliss-reactive ketones (excluding diaryl/α,β-unsaturated/α-hetero) is 1. The number of ketones is 1. The summed E-state index contributed by atoms with van der Waals surface area (Å²) in [6.07, 6.45) is 0.558. The molecule has 2 aromatic carbocycles. The summed E-state index contributed by atoms with van der Waals surface area (Å²) in [5.74, 6) is 1.71. The topological polar surface area (TPSA) is 26.3 Å². The van der Waals surface area contributed by atoms with Crippen LogP contribution in [0.1, 0.15) is 16.8 Å². The Balaban J connectivity index is 0.00000242. The maximum atomic E-state index is 12.1. The van der Waals surface area contributed by atoms with E-state index >= 15 is 0 Å². The minimum absolute atomic E-state index is 0. The van der Waals surface area contributed by atoms with Crippen molar-refractivity contribution in [3.05, 3.63) is 60.2 Å². The van der Waals surface area contributed by atoms with Gasteiger partial charge in [-0.2, -0.15) is 0 Å². The lowest BCUT2D eigenvalue weighted by atomic mass is 10.1. The van der Waals surface area contributed by atoms with Crippen molar-refractivity contribution in [3.8, 4) is 11.5 Å². The first-order chi connectivity index (χ1) is 9.94. The van der Waals surface area contributed by atoms with Crippen molar-refractivity contribution >= 4 is 5.78 Å². The molecular weight excluding hydrogens is 389 g/mol. The molecule has 118 valence electrons. The molecule has 0 saturated heterocycles. The zero-order chi connectivity index (χ0) is 15.3. The number of ether oxygens (including phenoxy) is 1. The van der Waals surface area contributed by atoms with Gasteiger partial charge in [-0.1, -0.05) is 18.2 Å². The zero-order valence-electron chi connectivity index (χ0n) is 13.3. The Morgan fingerprint density at radius 2 is 1.45 bits per heavy atom. The number of hydrogen-bond donors (Lipinski definition) is 0. The molecule has 0 spiro atoms. The Hall–Kier alpha value is -1.40. The lowest BCUT2D eigenvalue weighted by Gasteiger charge is -2.23. The molecule has 3 nitrogen and oxygen atoms in total. The number of carbonyl (C=O) groups excluding carboxylic acids is 1. The molecule has 2 aromatic rings. The van der Waals surface area contributed by atoms with E-state index in [2.05, 4.69) is 21.1 Å². The molecule has 4 heteroatoms. The summed E-state index contributed by atoms with van der Waals surface area (Å²) in [5, 5.41) is 0. The highest BCUT2D eigenvalue weighted by Crippen LogP contribution is 2.21. The maximum absolute atomic E-state index is 12.1. The Morgan fingerprint density at radius 3 is 2.00 bits per heavy atom. The summed E-state index contributed by atoms with van der Waals surface area (Å²) in [6, 6.07) is 16.9. The summed E-state index contributed by atoms with van der Waals surface area (Å²) >= 11 is 0. The van der Waals surface area contributed by atoms with Crippen molar-refractivity contribution in [2.24, 2.45) is 0 Å². The molecule has 0 heterocycles. The van der Waals surface area contributed by atoms with Crippen molar-refractivity contribution in [2.45, 2.75) is 6.42 Å². The van der Waals surface area contributed by atoms with Crippen molar-refractivity contribution in [1.82, 2.24) is 0 Å². The molecule has 22 heavy (non-hydrogen) atoms. The summed E-state index contributed by atoms with van der Waals surface area (Å²) in [6.45, 7) is 0.834. The van der Waals surface area contributed by atoms with E-state index in [1.165, 1.54) is 0 Å². The van der Waals surface area contributed by atoms with Crippen LogP contribution in [0.5, 0.6) is 11.5 Å². The van der Waals surface area contributed by atoms with E-state index in [9.17, 15) is 4.79 Å². The maximum Gasteiger partial charge on any atom is 0.168 e. The molecule has 0 aromatic heterocycles. The lowest BCUT2D eigenvalue weighted by molar-refractivity contribution is -0.869. The Kier molecular flexibility index (Phi) is 7.03. The molecule has 0 aliphatic heterocycles. The molecule has 0 atom stereocenters. The molecule has 2 rings (SSSR count). The third-order valence-corrected chi connectivity index (χ3v) is 3.16. The van der Waals surface area contributed by atoms with E-state index in [0.29, 0.717) is 6.42 Å². The van der Waals surface area contributed by atoms with Gasteiger partial charge >= 0.3 is 0 Å². The van der Waals surface area contributed by atoms with Gasteiger partial charge in [0, 0.05) is 5.56 Å². The van der Waals surface area contributed by atoms with Crippen LogP contribution < -0.4 is 28.7 Å². The van der Waals surface area contributed by atoms with Gasteiger partial charge in [0.1, 0.15) is 11.5 Å². The highest BCUT2D eigenvalue weighted by Gasteiger charge is 2.12. The summed E-state index contributed by atoms with van der Waals surface area (Å²) in [4.78, 5) is 12.1. The first-order valence-corrected chi connectivity index (χ1v) is 7.11. The van der Waals surface area contributed by atoms with Crippen molar-refractivity contribution in [2.75, 3.05) is 27.7 Å². The third kappa shape index (κ3) is 6.15. The number of quaternary nitrogens is 1. The Morgan fingerprint density at radius 1 is 0.909 bits per heavy atom. The largest absolute Gasteiger partial charge is 1.00 e. The van der Waals surface area contributed by atoms with E-state index in [0.717, 1.165) is 28.1 Å². The van der Waals surface area contributed by atoms with Gasteiger partial charge < -0.3 is 33.2 Å². The molecule has 0 amide bonds. The number of carbonyl (C=O) groups is 1. The molecule has 0 N–H and O–H groups in total. The SMILES string of the molecule is C[N+](C)(C)CCC(=O)c1ccc(Oc2ccccc2)cc1.[I-]. The predicted molar refractivity (Wildman–Crippen MR) is 84.8 cm³/mol. The summed E-state index contributed by atoms with van der Waals surface area (Å²) in [5.41, 5.74) is 0.740. The smallest absolute Gasteiger partial charge is 0.168 e. The number of rotatable bonds is 6. The first kappa shape index (κ1) is 18.6. The number of para-hydroxylation sites is 1. The Labute approximate surface area is 149 Å². The van der Waals surface area contributed by atoms with Crippen molar-refractivity contribution in [1.29, 1.82) is 0 Å². The summed E-state index contributed by atoms with van der Waals surface area (Å²) in [7, 11) is 6.26. The van der Waals surface area contributed by atoms with Gasteiger partial charge in [0.15, 0.2) is 5.78 Å². The average molecular weight is 411 g/mol. The van der Waals surface area contributed by atoms with E-state index in [4.69, 9.17) is 4.74 Å². The van der Waals surface area contributed by atoms with Crippen LogP contribution >= 0.6 is 0 Å². The second-order valence-electron chi connectivity index (χ2n) is 6.13. The average Bonchev–Trinajstić information content (AvgIpc) is 2.46. The first-order valence-electron chi connectivity index (χ1n) is 7.11. The molecular formula is C18H22INO2. The normalized spacial score (nSPS) is 10.7. The van der Waals surface area contributed by atoms with Crippen LogP contribution in [0.15, 0.2) is 54.6 Å². The standard InChI is InChI=1S/C18H22NO2.HI/c1-19(2,3)14-13-18(20)15-9-11-17(12-10-15)21-16-7-5-4-6-8-16;/h4-12H,13-14H2,1-3H3;1H/q+1;/p-1. The van der Waals surface area contributed by atoms with Crippen LogP contribution in [0, 0.1) is 0 Å². The number of halogens is 1. The van der Waals surface area contributed by atoms with Crippen LogP contribution in [0.2, 0.25) is 0 Å². The third-order valence-electron chi connectivity index (χ3n) is 3.16. The molecule has 0 radical (unpaired) electrons. The fourth-order valence-corrected chi connectivity index (χ4v) is 1.91. The van der Waals surface area contributed by atoms with Gasteiger partial charge in [-0.15, -0.1) is 0 Å². The van der Waals surface area contributed by atoms with Gasteiger partial charge in [0.05, 0.1) is 34.1 Å². The quantitative estimate of drug-likeness (QED) is 0.399. The minimum atomic E-state index is 0. The van der Waals surface area contributed by atoms with E-state index in [1.807, 2.05) is 54.6 Å². The van der Waals surface area contributed by atoms with Gasteiger partial charge in [-0.3, -0.25) is 4.79 Å². The zero-order valence-corrected chi connectivity index (χ0v) is 15.4. The lowest BCUT2D eigenvalue weighted by Crippen LogP contribution is -3.00. The van der Waals surface area contributed by atoms with E-state index in [-0.39, 0.29) is 29.8 Å². The molecule has 0 bridgehead atoms. The Bertz CT molecular complexity index is 589. The number of benzene rings is 2. The van der Waals surface area contributed by atoms with Crippen LogP contribution in [0.4, 0.5) is 0 Å². The highest BCUT2D eigenvalue weighted by atomic mass is 127. The molecule has 0 fully saturated rings.